The molecule has 0 saturated carbocycles. The normalized spacial score (nSPS) is 13.3. The molecule has 1 rings (SSSR count). The summed E-state index contributed by atoms with van der Waals surface area (Å²) in [6.45, 7) is 2.69. The molecular formula is C25H42O4. The molecule has 29 heavy (non-hydrogen) atoms. The van der Waals surface area contributed by atoms with Crippen LogP contribution in [0.25, 0.3) is 0 Å². The number of hydrogen-bond acceptors (Lipinski definition) is 3. The summed E-state index contributed by atoms with van der Waals surface area (Å²) in [7, 11) is 0. The lowest BCUT2D eigenvalue weighted by molar-refractivity contribution is -0.140. The molecule has 0 aliphatic rings. The van der Waals surface area contributed by atoms with Crippen LogP contribution in [0.1, 0.15) is 102 Å². The smallest absolute Gasteiger partial charge is 0.305 e. The molecule has 0 heterocycles. The maximum Gasteiger partial charge on any atom is 0.305 e. The fourth-order valence-electron chi connectivity index (χ4n) is 3.64. The molecule has 4 nitrogen and oxygen atoms in total. The van der Waals surface area contributed by atoms with Gasteiger partial charge in [-0.3, -0.25) is 4.79 Å². The summed E-state index contributed by atoms with van der Waals surface area (Å²) in [5.41, 5.74) is 1.07. The molecule has 0 aromatic heterocycles. The Morgan fingerprint density at radius 3 is 2.03 bits per heavy atom. The molecule has 2 unspecified atom stereocenters. The Bertz CT molecular complexity index is 503. The zero-order valence-corrected chi connectivity index (χ0v) is 18.4. The third kappa shape index (κ3) is 15.2. The maximum absolute atomic E-state index is 11.1. The SMILES string of the molecule is CCCCCCCCCC(O)CCCCCC(CC(=O)O)OCc1ccccc1. The molecule has 0 saturated heterocycles. The number of aliphatic hydroxyl groups is 1. The van der Waals surface area contributed by atoms with Gasteiger partial charge >= 0.3 is 5.97 Å². The van der Waals surface area contributed by atoms with E-state index in [0.717, 1.165) is 50.5 Å². The lowest BCUT2D eigenvalue weighted by Gasteiger charge is -2.16. The number of benzene rings is 1. The summed E-state index contributed by atoms with van der Waals surface area (Å²) >= 11 is 0. The minimum absolute atomic E-state index is 0.0493. The van der Waals surface area contributed by atoms with E-state index in [1.807, 2.05) is 30.3 Å². The van der Waals surface area contributed by atoms with E-state index in [1.165, 1.54) is 38.5 Å². The first-order valence-corrected chi connectivity index (χ1v) is 11.7. The molecule has 0 aliphatic heterocycles. The van der Waals surface area contributed by atoms with Crippen molar-refractivity contribution in [1.82, 2.24) is 0 Å². The average molecular weight is 407 g/mol. The van der Waals surface area contributed by atoms with Crippen molar-refractivity contribution in [3.05, 3.63) is 35.9 Å². The molecule has 0 amide bonds. The predicted octanol–water partition coefficient (Wildman–Crippen LogP) is 6.50. The first-order valence-electron chi connectivity index (χ1n) is 11.7. The van der Waals surface area contributed by atoms with Crippen LogP contribution in [0.15, 0.2) is 30.3 Å². The highest BCUT2D eigenvalue weighted by Gasteiger charge is 2.14. The Labute approximate surface area is 177 Å². The van der Waals surface area contributed by atoms with E-state index in [2.05, 4.69) is 6.92 Å². The molecule has 4 heteroatoms. The van der Waals surface area contributed by atoms with Gasteiger partial charge in [-0.2, -0.15) is 0 Å². The van der Waals surface area contributed by atoms with E-state index >= 15 is 0 Å². The molecule has 166 valence electrons. The Kier molecular flexibility index (Phi) is 15.4. The number of aliphatic carboxylic acids is 1. The lowest BCUT2D eigenvalue weighted by atomic mass is 10.0. The van der Waals surface area contributed by atoms with E-state index in [0.29, 0.717) is 6.61 Å². The van der Waals surface area contributed by atoms with Crippen molar-refractivity contribution >= 4 is 5.97 Å². The fourth-order valence-corrected chi connectivity index (χ4v) is 3.64. The van der Waals surface area contributed by atoms with Gasteiger partial charge in [0.25, 0.3) is 0 Å². The van der Waals surface area contributed by atoms with Crippen LogP contribution >= 0.6 is 0 Å². The Morgan fingerprint density at radius 2 is 1.41 bits per heavy atom. The van der Waals surface area contributed by atoms with Gasteiger partial charge in [-0.05, 0) is 24.8 Å². The van der Waals surface area contributed by atoms with Crippen LogP contribution in [0.3, 0.4) is 0 Å². The molecule has 1 aromatic rings. The first-order chi connectivity index (χ1) is 14.1. The van der Waals surface area contributed by atoms with Crippen LogP contribution in [0.2, 0.25) is 0 Å². The van der Waals surface area contributed by atoms with E-state index in [1.54, 1.807) is 0 Å². The molecule has 2 N–H and O–H groups in total. The standard InChI is InChI=1S/C25H42O4/c1-2-3-4-5-6-7-12-17-23(26)18-13-9-14-19-24(20-25(27)28)29-21-22-15-10-8-11-16-22/h8,10-11,15-16,23-24,26H,2-7,9,12-14,17-21H2,1H3,(H,27,28). The molecule has 0 spiro atoms. The summed E-state index contributed by atoms with van der Waals surface area (Å²) in [4.78, 5) is 11.1. The number of hydrogen-bond donors (Lipinski definition) is 2. The highest BCUT2D eigenvalue weighted by Crippen LogP contribution is 2.16. The van der Waals surface area contributed by atoms with Crippen LogP contribution in [0.4, 0.5) is 0 Å². The average Bonchev–Trinajstić information content (AvgIpc) is 2.71. The molecule has 0 fully saturated rings. The molecule has 0 bridgehead atoms. The van der Waals surface area contributed by atoms with Gasteiger partial charge in [-0.25, -0.2) is 0 Å². The van der Waals surface area contributed by atoms with Gasteiger partial charge in [-0.15, -0.1) is 0 Å². The van der Waals surface area contributed by atoms with Crippen molar-refractivity contribution in [3.63, 3.8) is 0 Å². The van der Waals surface area contributed by atoms with Crippen LogP contribution in [-0.2, 0) is 16.1 Å². The van der Waals surface area contributed by atoms with E-state index in [4.69, 9.17) is 9.84 Å². The quantitative estimate of drug-likeness (QED) is 0.257. The van der Waals surface area contributed by atoms with Crippen molar-refractivity contribution in [2.24, 2.45) is 0 Å². The highest BCUT2D eigenvalue weighted by molar-refractivity contribution is 5.67. The van der Waals surface area contributed by atoms with Gasteiger partial charge in [0.05, 0.1) is 25.2 Å². The second kappa shape index (κ2) is 17.5. The van der Waals surface area contributed by atoms with Crippen LogP contribution in [0, 0.1) is 0 Å². The Balaban J connectivity index is 2.07. The summed E-state index contributed by atoms with van der Waals surface area (Å²) < 4.78 is 5.84. The van der Waals surface area contributed by atoms with Gasteiger partial charge in [-0.1, -0.05) is 101 Å². The monoisotopic (exact) mass is 406 g/mol. The number of carbonyl (C=O) groups is 1. The number of unbranched alkanes of at least 4 members (excludes halogenated alkanes) is 8. The van der Waals surface area contributed by atoms with Gasteiger partial charge in [0, 0.05) is 0 Å². The Morgan fingerprint density at radius 1 is 0.862 bits per heavy atom. The molecule has 0 radical (unpaired) electrons. The summed E-state index contributed by atoms with van der Waals surface area (Å²) in [5, 5.41) is 19.2. The van der Waals surface area contributed by atoms with Crippen LogP contribution in [0.5, 0.6) is 0 Å². The second-order valence-electron chi connectivity index (χ2n) is 8.22. The minimum Gasteiger partial charge on any atom is -0.481 e. The summed E-state index contributed by atoms with van der Waals surface area (Å²) in [5.74, 6) is -0.812. The van der Waals surface area contributed by atoms with E-state index in [-0.39, 0.29) is 18.6 Å². The third-order valence-corrected chi connectivity index (χ3v) is 5.44. The van der Waals surface area contributed by atoms with Crippen molar-refractivity contribution in [2.45, 2.75) is 116 Å². The van der Waals surface area contributed by atoms with Gasteiger partial charge in [0.15, 0.2) is 0 Å². The van der Waals surface area contributed by atoms with Gasteiger partial charge in [0.2, 0.25) is 0 Å². The zero-order chi connectivity index (χ0) is 21.2. The lowest BCUT2D eigenvalue weighted by Crippen LogP contribution is -2.17. The number of rotatable bonds is 19. The van der Waals surface area contributed by atoms with E-state index in [9.17, 15) is 9.90 Å². The second-order valence-corrected chi connectivity index (χ2v) is 8.22. The summed E-state index contributed by atoms with van der Waals surface area (Å²) in [6.07, 6.45) is 14.0. The van der Waals surface area contributed by atoms with Gasteiger partial charge < -0.3 is 14.9 Å². The number of aliphatic hydroxyl groups excluding tert-OH is 1. The van der Waals surface area contributed by atoms with Crippen LogP contribution in [-0.4, -0.2) is 28.4 Å². The maximum atomic E-state index is 11.1. The van der Waals surface area contributed by atoms with Crippen molar-refractivity contribution in [1.29, 1.82) is 0 Å². The van der Waals surface area contributed by atoms with E-state index < -0.39 is 5.97 Å². The largest absolute Gasteiger partial charge is 0.481 e. The number of carboxylic acid groups (broad SMARTS) is 1. The minimum atomic E-state index is -0.812. The highest BCUT2D eigenvalue weighted by atomic mass is 16.5. The predicted molar refractivity (Wildman–Crippen MR) is 119 cm³/mol. The number of ether oxygens (including phenoxy) is 1. The Hall–Kier alpha value is -1.39. The topological polar surface area (TPSA) is 66.8 Å². The molecule has 1 aromatic carbocycles. The van der Waals surface area contributed by atoms with Crippen molar-refractivity contribution < 1.29 is 19.7 Å². The fraction of sp³-hybridized carbons (Fsp3) is 0.720. The molecular weight excluding hydrogens is 364 g/mol. The van der Waals surface area contributed by atoms with Crippen molar-refractivity contribution in [2.75, 3.05) is 0 Å². The van der Waals surface area contributed by atoms with Crippen molar-refractivity contribution in [3.8, 4) is 0 Å². The molecule has 0 aliphatic carbocycles. The van der Waals surface area contributed by atoms with Crippen LogP contribution < -0.4 is 0 Å². The number of carboxylic acids is 1. The first kappa shape index (κ1) is 25.6. The third-order valence-electron chi connectivity index (χ3n) is 5.44. The molecule has 2 atom stereocenters. The summed E-state index contributed by atoms with van der Waals surface area (Å²) in [6, 6.07) is 9.86. The zero-order valence-electron chi connectivity index (χ0n) is 18.4. The van der Waals surface area contributed by atoms with Gasteiger partial charge in [0.1, 0.15) is 0 Å².